The van der Waals surface area contributed by atoms with Gasteiger partial charge in [-0.3, -0.25) is 10.4 Å². The predicted molar refractivity (Wildman–Crippen MR) is 226 cm³/mol. The number of aryl methyl sites for hydroxylation is 2. The van der Waals surface area contributed by atoms with E-state index in [4.69, 9.17) is 24.4 Å². The lowest BCUT2D eigenvalue weighted by Crippen LogP contribution is -2.55. The monoisotopic (exact) mass is 789 g/mol. The van der Waals surface area contributed by atoms with Crippen LogP contribution >= 0.6 is 0 Å². The summed E-state index contributed by atoms with van der Waals surface area (Å²) in [6.45, 7) is 6.63. The summed E-state index contributed by atoms with van der Waals surface area (Å²) in [5, 5.41) is 22.5. The molecule has 0 aliphatic rings. The van der Waals surface area contributed by atoms with Gasteiger partial charge in [-0.2, -0.15) is 0 Å². The number of nitrogens with two attached hydrogens (primary N) is 1. The molecule has 0 radical (unpaired) electrons. The topological polar surface area (TPSA) is 161 Å². The number of hydrogen-bond acceptors (Lipinski definition) is 9. The highest BCUT2D eigenvalue weighted by molar-refractivity contribution is 6.03. The maximum atomic E-state index is 13.8. The van der Waals surface area contributed by atoms with E-state index in [-0.39, 0.29) is 41.9 Å². The number of ether oxygens (including phenoxy) is 1. The third-order valence-electron chi connectivity index (χ3n) is 10.4. The quantitative estimate of drug-likeness (QED) is 0.0245. The molecule has 4 N–H and O–H groups in total. The van der Waals surface area contributed by atoms with Crippen molar-refractivity contribution in [1.29, 1.82) is 5.41 Å². The van der Waals surface area contributed by atoms with E-state index >= 15 is 0 Å². The molecule has 2 aromatic heterocycles. The first-order valence-corrected chi connectivity index (χ1v) is 19.5. The molecule has 0 aliphatic heterocycles. The summed E-state index contributed by atoms with van der Waals surface area (Å²) in [7, 11) is 0. The van der Waals surface area contributed by atoms with E-state index in [1.54, 1.807) is 30.3 Å². The first kappa shape index (κ1) is 40.4. The van der Waals surface area contributed by atoms with Crippen LogP contribution in [0.2, 0.25) is 0 Å². The zero-order valence-electron chi connectivity index (χ0n) is 33.5. The zero-order valence-corrected chi connectivity index (χ0v) is 33.5. The van der Waals surface area contributed by atoms with Gasteiger partial charge in [-0.25, -0.2) is 20.4 Å². The summed E-state index contributed by atoms with van der Waals surface area (Å²) in [4.78, 5) is 30.1. The molecule has 59 heavy (non-hydrogen) atoms. The fourth-order valence-electron chi connectivity index (χ4n) is 7.59. The Labute approximate surface area is 342 Å². The van der Waals surface area contributed by atoms with E-state index < -0.39 is 22.9 Å². The van der Waals surface area contributed by atoms with Crippen LogP contribution in [-0.2, 0) is 35.4 Å². The number of rotatable bonds is 14. The van der Waals surface area contributed by atoms with Crippen molar-refractivity contribution in [1.82, 2.24) is 14.6 Å². The summed E-state index contributed by atoms with van der Waals surface area (Å²) < 4.78 is 17.3. The number of hydrazine groups is 1. The minimum Gasteiger partial charge on any atom is -0.453 e. The molecule has 0 amide bonds. The molecule has 7 rings (SSSR count). The molecule has 0 spiro atoms. The van der Waals surface area contributed by atoms with Crippen molar-refractivity contribution >= 4 is 11.8 Å². The Kier molecular flexibility index (Phi) is 11.6. The van der Waals surface area contributed by atoms with E-state index in [0.717, 1.165) is 39.8 Å². The fourth-order valence-corrected chi connectivity index (χ4v) is 7.59. The lowest BCUT2D eigenvalue weighted by molar-refractivity contribution is 0.0395. The Balaban J connectivity index is 1.24. The molecule has 0 bridgehead atoms. The van der Waals surface area contributed by atoms with Crippen LogP contribution in [-0.4, -0.2) is 31.5 Å². The molecule has 0 atom stereocenters. The molecule has 11 nitrogen and oxygen atoms in total. The minimum atomic E-state index is -1.46. The standard InChI is InChI=1S/C48H47N5O6/c1-5-17-41-51-43(47(3,4)56)42(45(54)57-31-40-32(2)58-46(55)59-40)52(41)30-33-26-28-34(29-27-33)38-24-15-16-25-39(38)44(49)53(50)48(35-18-9-6-10-19-35,36-20-11-7-12-21-36)37-22-13-8-14-23-37/h6-16,18-29,49,56H,5,17,30-31,50H2,1-4H3. The van der Waals surface area contributed by atoms with E-state index in [1.165, 1.54) is 0 Å². The Hall–Kier alpha value is -6.82. The average molecular weight is 790 g/mol. The summed E-state index contributed by atoms with van der Waals surface area (Å²) in [5.74, 6) is 6.71. The minimum absolute atomic E-state index is 0.0978. The van der Waals surface area contributed by atoms with Crippen molar-refractivity contribution in [3.05, 3.63) is 207 Å². The van der Waals surface area contributed by atoms with Gasteiger partial charge in [-0.1, -0.05) is 146 Å². The average Bonchev–Trinajstić information content (AvgIpc) is 3.79. The highest BCUT2D eigenvalue weighted by atomic mass is 16.6. The van der Waals surface area contributed by atoms with Gasteiger partial charge in [0, 0.05) is 18.5 Å². The molecule has 0 fully saturated rings. The number of amidine groups is 1. The Morgan fingerprint density at radius 1 is 0.831 bits per heavy atom. The summed E-state index contributed by atoms with van der Waals surface area (Å²) in [6.07, 6.45) is 1.29. The first-order valence-electron chi connectivity index (χ1n) is 19.5. The molecule has 2 heterocycles. The van der Waals surface area contributed by atoms with Gasteiger partial charge in [0.1, 0.15) is 28.5 Å². The van der Waals surface area contributed by atoms with Crippen molar-refractivity contribution in [2.75, 3.05) is 0 Å². The van der Waals surface area contributed by atoms with Gasteiger partial charge in [-0.05, 0) is 60.6 Å². The van der Waals surface area contributed by atoms with Gasteiger partial charge in [0.05, 0.1) is 0 Å². The molecule has 7 aromatic rings. The van der Waals surface area contributed by atoms with Gasteiger partial charge < -0.3 is 23.2 Å². The van der Waals surface area contributed by atoms with Crippen molar-refractivity contribution in [2.45, 2.75) is 64.8 Å². The van der Waals surface area contributed by atoms with Crippen LogP contribution in [0.25, 0.3) is 11.1 Å². The van der Waals surface area contributed by atoms with Crippen molar-refractivity contribution in [3.63, 3.8) is 0 Å². The number of nitrogens with one attached hydrogen (secondary N) is 1. The summed E-state index contributed by atoms with van der Waals surface area (Å²) in [5.41, 5.74) is 3.68. The van der Waals surface area contributed by atoms with Crippen molar-refractivity contribution < 1.29 is 23.5 Å². The van der Waals surface area contributed by atoms with Gasteiger partial charge >= 0.3 is 11.8 Å². The number of esters is 1. The van der Waals surface area contributed by atoms with Gasteiger partial charge in [-0.15, -0.1) is 0 Å². The van der Waals surface area contributed by atoms with E-state index in [0.29, 0.717) is 17.8 Å². The number of aliphatic hydroxyl groups is 1. The van der Waals surface area contributed by atoms with Crippen molar-refractivity contribution in [2.24, 2.45) is 5.84 Å². The number of aromatic nitrogens is 2. The highest BCUT2D eigenvalue weighted by Crippen LogP contribution is 2.42. The molecular weight excluding hydrogens is 743 g/mol. The van der Waals surface area contributed by atoms with Crippen molar-refractivity contribution in [3.8, 4) is 11.1 Å². The third kappa shape index (κ3) is 8.03. The molecule has 5 aromatic carbocycles. The van der Waals surface area contributed by atoms with Crippen LogP contribution in [0.15, 0.2) is 153 Å². The van der Waals surface area contributed by atoms with Crippen LogP contribution in [0, 0.1) is 12.3 Å². The number of carbonyl (C=O) groups is 1. The largest absolute Gasteiger partial charge is 0.519 e. The number of imidazole rings is 1. The highest BCUT2D eigenvalue weighted by Gasteiger charge is 2.43. The molecule has 0 aliphatic carbocycles. The summed E-state index contributed by atoms with van der Waals surface area (Å²) in [6, 6.07) is 45.7. The molecule has 300 valence electrons. The van der Waals surface area contributed by atoms with E-state index in [9.17, 15) is 20.1 Å². The van der Waals surface area contributed by atoms with E-state index in [1.807, 2.05) is 146 Å². The van der Waals surface area contributed by atoms with Gasteiger partial charge in [0.15, 0.2) is 23.8 Å². The molecule has 0 saturated carbocycles. The molecule has 11 heteroatoms. The van der Waals surface area contributed by atoms with Crippen LogP contribution in [0.1, 0.15) is 88.5 Å². The lowest BCUT2D eigenvalue weighted by atomic mass is 9.76. The molecule has 0 unspecified atom stereocenters. The zero-order chi connectivity index (χ0) is 41.7. The van der Waals surface area contributed by atoms with Gasteiger partial charge in [0.25, 0.3) is 0 Å². The van der Waals surface area contributed by atoms with E-state index in [2.05, 4.69) is 0 Å². The number of benzene rings is 5. The Morgan fingerprint density at radius 3 is 1.88 bits per heavy atom. The number of hydrogen-bond donors (Lipinski definition) is 3. The summed E-state index contributed by atoms with van der Waals surface area (Å²) >= 11 is 0. The SMILES string of the molecule is CCCc1nc(C(C)(C)O)c(C(=O)OCc2oc(=O)oc2C)n1Cc1ccc(-c2ccccc2C(=N)N(N)C(c2ccccc2)(c2ccccc2)c2ccccc2)cc1. The Bertz CT molecular complexity index is 2510. The van der Waals surface area contributed by atoms with Crippen LogP contribution in [0.5, 0.6) is 0 Å². The normalized spacial score (nSPS) is 11.7. The van der Waals surface area contributed by atoms with Crippen LogP contribution in [0.3, 0.4) is 0 Å². The second kappa shape index (κ2) is 17.0. The lowest BCUT2D eigenvalue weighted by Gasteiger charge is -2.44. The molecular formula is C48H47N5O6. The second-order valence-electron chi connectivity index (χ2n) is 14.9. The number of carbonyl (C=O) groups excluding carboxylic acids is 1. The molecule has 0 saturated heterocycles. The maximum Gasteiger partial charge on any atom is 0.519 e. The third-order valence-corrected chi connectivity index (χ3v) is 10.4. The predicted octanol–water partition coefficient (Wildman–Crippen LogP) is 8.48. The Morgan fingerprint density at radius 2 is 1.37 bits per heavy atom. The maximum absolute atomic E-state index is 13.8. The van der Waals surface area contributed by atoms with Crippen LogP contribution in [0.4, 0.5) is 0 Å². The smallest absolute Gasteiger partial charge is 0.453 e. The number of nitrogens with zero attached hydrogens (tertiary/aromatic N) is 3. The van der Waals surface area contributed by atoms with Gasteiger partial charge in [0.2, 0.25) is 0 Å². The van der Waals surface area contributed by atoms with Crippen LogP contribution < -0.4 is 11.7 Å². The second-order valence-corrected chi connectivity index (χ2v) is 14.9. The fraction of sp³-hybridized carbons (Fsp3) is 0.208. The first-order chi connectivity index (χ1) is 28.4.